The van der Waals surface area contributed by atoms with E-state index in [-0.39, 0.29) is 5.92 Å². The van der Waals surface area contributed by atoms with E-state index in [0.29, 0.717) is 0 Å². The molecule has 0 aliphatic heterocycles. The molecule has 0 spiro atoms. The van der Waals surface area contributed by atoms with Crippen molar-refractivity contribution in [1.82, 2.24) is 0 Å². The predicted molar refractivity (Wildman–Crippen MR) is 51.9 cm³/mol. The Kier molecular flexibility index (Phi) is 3.50. The molecule has 0 aromatic heterocycles. The minimum Gasteiger partial charge on any atom is -0.496 e. The van der Waals surface area contributed by atoms with Crippen LogP contribution in [-0.2, 0) is 11.2 Å². The van der Waals surface area contributed by atoms with Crippen molar-refractivity contribution >= 4 is 6.29 Å². The lowest BCUT2D eigenvalue weighted by Gasteiger charge is -2.08. The van der Waals surface area contributed by atoms with Gasteiger partial charge in [0.05, 0.1) is 7.11 Å². The Morgan fingerprint density at radius 3 is 2.77 bits per heavy atom. The summed E-state index contributed by atoms with van der Waals surface area (Å²) in [6, 6.07) is 7.77. The van der Waals surface area contributed by atoms with E-state index in [0.717, 1.165) is 24.0 Å². The number of aldehydes is 1. The van der Waals surface area contributed by atoms with E-state index in [1.807, 2.05) is 31.2 Å². The second-order valence-electron chi connectivity index (χ2n) is 3.13. The van der Waals surface area contributed by atoms with E-state index in [2.05, 4.69) is 0 Å². The lowest BCUT2D eigenvalue weighted by molar-refractivity contribution is -0.110. The summed E-state index contributed by atoms with van der Waals surface area (Å²) < 4.78 is 5.17. The maximum atomic E-state index is 10.5. The van der Waals surface area contributed by atoms with E-state index in [1.165, 1.54) is 0 Å². The maximum Gasteiger partial charge on any atom is 0.123 e. The number of hydrogen-bond donors (Lipinski definition) is 0. The Balaban J connectivity index is 2.80. The zero-order valence-corrected chi connectivity index (χ0v) is 7.99. The topological polar surface area (TPSA) is 26.3 Å². The fourth-order valence-electron chi connectivity index (χ4n) is 1.27. The molecule has 0 aliphatic carbocycles. The number of ether oxygens (including phenoxy) is 1. The Bertz CT molecular complexity index is 281. The molecule has 1 rings (SSSR count). The summed E-state index contributed by atoms with van der Waals surface area (Å²) in [5, 5.41) is 0. The first-order valence-corrected chi connectivity index (χ1v) is 4.35. The highest BCUT2D eigenvalue weighted by Gasteiger charge is 2.05. The van der Waals surface area contributed by atoms with Crippen molar-refractivity contribution in [1.29, 1.82) is 0 Å². The minimum atomic E-state index is 0.0521. The van der Waals surface area contributed by atoms with Crippen LogP contribution in [0.4, 0.5) is 0 Å². The third-order valence-corrected chi connectivity index (χ3v) is 1.97. The van der Waals surface area contributed by atoms with Gasteiger partial charge in [-0.05, 0) is 18.1 Å². The summed E-state index contributed by atoms with van der Waals surface area (Å²) in [7, 11) is 1.64. The van der Waals surface area contributed by atoms with Gasteiger partial charge in [0.2, 0.25) is 0 Å². The lowest BCUT2D eigenvalue weighted by atomic mass is 10.0. The van der Waals surface area contributed by atoms with Crippen molar-refractivity contribution in [2.24, 2.45) is 5.92 Å². The predicted octanol–water partition coefficient (Wildman–Crippen LogP) is 2.07. The Labute approximate surface area is 78.5 Å². The van der Waals surface area contributed by atoms with Crippen LogP contribution in [0.25, 0.3) is 0 Å². The Morgan fingerprint density at radius 1 is 1.46 bits per heavy atom. The highest BCUT2D eigenvalue weighted by Crippen LogP contribution is 2.19. The molecule has 1 aromatic carbocycles. The van der Waals surface area contributed by atoms with Gasteiger partial charge in [0.25, 0.3) is 0 Å². The van der Waals surface area contributed by atoms with Gasteiger partial charge in [-0.1, -0.05) is 25.1 Å². The van der Waals surface area contributed by atoms with Gasteiger partial charge in [-0.3, -0.25) is 0 Å². The molecule has 0 heterocycles. The van der Waals surface area contributed by atoms with Gasteiger partial charge >= 0.3 is 0 Å². The Hall–Kier alpha value is -1.31. The van der Waals surface area contributed by atoms with Crippen LogP contribution in [0, 0.1) is 5.92 Å². The fraction of sp³-hybridized carbons (Fsp3) is 0.364. The van der Waals surface area contributed by atoms with E-state index in [4.69, 9.17) is 4.74 Å². The van der Waals surface area contributed by atoms with Crippen molar-refractivity contribution in [3.63, 3.8) is 0 Å². The number of carbonyl (C=O) groups is 1. The molecule has 13 heavy (non-hydrogen) atoms. The number of benzene rings is 1. The standard InChI is InChI=1S/C11H14O2/c1-9(8-12)7-10-5-3-4-6-11(10)13-2/h3-6,8-9H,7H2,1-2H3. The lowest BCUT2D eigenvalue weighted by Crippen LogP contribution is -2.02. The molecule has 0 saturated heterocycles. The largest absolute Gasteiger partial charge is 0.496 e. The average molecular weight is 178 g/mol. The van der Waals surface area contributed by atoms with Crippen LogP contribution in [0.3, 0.4) is 0 Å². The summed E-state index contributed by atoms with van der Waals surface area (Å²) in [6.45, 7) is 1.90. The van der Waals surface area contributed by atoms with Gasteiger partial charge in [0.1, 0.15) is 12.0 Å². The smallest absolute Gasteiger partial charge is 0.123 e. The summed E-state index contributed by atoms with van der Waals surface area (Å²) in [5.74, 6) is 0.910. The van der Waals surface area contributed by atoms with E-state index < -0.39 is 0 Å². The molecule has 1 aromatic rings. The molecule has 0 radical (unpaired) electrons. The first-order chi connectivity index (χ1) is 6.27. The van der Waals surface area contributed by atoms with Gasteiger partial charge in [-0.25, -0.2) is 0 Å². The normalized spacial score (nSPS) is 12.2. The first kappa shape index (κ1) is 9.78. The molecule has 0 aliphatic rings. The number of hydrogen-bond acceptors (Lipinski definition) is 2. The van der Waals surface area contributed by atoms with Crippen LogP contribution in [-0.4, -0.2) is 13.4 Å². The van der Waals surface area contributed by atoms with Crippen LogP contribution >= 0.6 is 0 Å². The van der Waals surface area contributed by atoms with Crippen LogP contribution in [0.1, 0.15) is 12.5 Å². The van der Waals surface area contributed by atoms with Crippen molar-refractivity contribution in [2.45, 2.75) is 13.3 Å². The monoisotopic (exact) mass is 178 g/mol. The second kappa shape index (κ2) is 4.65. The molecule has 1 unspecified atom stereocenters. The molecule has 0 fully saturated rings. The molecule has 1 atom stereocenters. The van der Waals surface area contributed by atoms with Crippen molar-refractivity contribution in [3.8, 4) is 5.75 Å². The van der Waals surface area contributed by atoms with Crippen LogP contribution in [0.5, 0.6) is 5.75 Å². The number of rotatable bonds is 4. The Morgan fingerprint density at radius 2 is 2.15 bits per heavy atom. The summed E-state index contributed by atoms with van der Waals surface area (Å²) in [5.41, 5.74) is 1.09. The first-order valence-electron chi connectivity index (χ1n) is 4.35. The van der Waals surface area contributed by atoms with E-state index in [1.54, 1.807) is 7.11 Å². The molecular weight excluding hydrogens is 164 g/mol. The average Bonchev–Trinajstić information content (AvgIpc) is 2.18. The summed E-state index contributed by atoms with van der Waals surface area (Å²) >= 11 is 0. The fourth-order valence-corrected chi connectivity index (χ4v) is 1.27. The molecule has 2 nitrogen and oxygen atoms in total. The van der Waals surface area contributed by atoms with Gasteiger partial charge in [-0.2, -0.15) is 0 Å². The van der Waals surface area contributed by atoms with Crippen LogP contribution in [0.2, 0.25) is 0 Å². The highest BCUT2D eigenvalue weighted by atomic mass is 16.5. The molecule has 70 valence electrons. The maximum absolute atomic E-state index is 10.5. The zero-order chi connectivity index (χ0) is 9.68. The van der Waals surface area contributed by atoms with E-state index in [9.17, 15) is 4.79 Å². The molecule has 0 bridgehead atoms. The van der Waals surface area contributed by atoms with Crippen LogP contribution in [0.15, 0.2) is 24.3 Å². The number of methoxy groups -OCH3 is 1. The van der Waals surface area contributed by atoms with Crippen molar-refractivity contribution in [3.05, 3.63) is 29.8 Å². The zero-order valence-electron chi connectivity index (χ0n) is 7.99. The summed E-state index contributed by atoms with van der Waals surface area (Å²) in [6.07, 6.45) is 1.71. The minimum absolute atomic E-state index is 0.0521. The van der Waals surface area contributed by atoms with Crippen LogP contribution < -0.4 is 4.74 Å². The molecule has 0 amide bonds. The quantitative estimate of drug-likeness (QED) is 0.660. The SMILES string of the molecule is COc1ccccc1CC(C)C=O. The molecule has 0 saturated carbocycles. The number of para-hydroxylation sites is 1. The number of carbonyl (C=O) groups excluding carboxylic acids is 1. The molecular formula is C11H14O2. The van der Waals surface area contributed by atoms with Gasteiger partial charge in [0, 0.05) is 5.92 Å². The molecule has 2 heteroatoms. The second-order valence-corrected chi connectivity index (χ2v) is 3.13. The summed E-state index contributed by atoms with van der Waals surface area (Å²) in [4.78, 5) is 10.5. The van der Waals surface area contributed by atoms with Gasteiger partial charge in [0.15, 0.2) is 0 Å². The van der Waals surface area contributed by atoms with Gasteiger partial charge in [-0.15, -0.1) is 0 Å². The van der Waals surface area contributed by atoms with Gasteiger partial charge < -0.3 is 9.53 Å². The molecule has 0 N–H and O–H groups in total. The van der Waals surface area contributed by atoms with Crippen molar-refractivity contribution in [2.75, 3.05) is 7.11 Å². The van der Waals surface area contributed by atoms with E-state index >= 15 is 0 Å². The highest BCUT2D eigenvalue weighted by molar-refractivity contribution is 5.54. The third-order valence-electron chi connectivity index (χ3n) is 1.97. The van der Waals surface area contributed by atoms with Crippen molar-refractivity contribution < 1.29 is 9.53 Å². The third kappa shape index (κ3) is 2.58.